The van der Waals surface area contributed by atoms with Gasteiger partial charge in [-0.3, -0.25) is 0 Å². The van der Waals surface area contributed by atoms with Crippen LogP contribution < -0.4 is 10.1 Å². The summed E-state index contributed by atoms with van der Waals surface area (Å²) in [5, 5.41) is 3.49. The SMILES string of the molecule is COCCNCC1(CCOc2ccccc2)CCOC1C. The van der Waals surface area contributed by atoms with Crippen molar-refractivity contribution in [1.82, 2.24) is 5.32 Å². The van der Waals surface area contributed by atoms with Crippen molar-refractivity contribution < 1.29 is 14.2 Å². The summed E-state index contributed by atoms with van der Waals surface area (Å²) in [7, 11) is 1.73. The Labute approximate surface area is 127 Å². The number of benzene rings is 1. The van der Waals surface area contributed by atoms with E-state index in [-0.39, 0.29) is 11.5 Å². The third kappa shape index (κ3) is 4.70. The highest BCUT2D eigenvalue weighted by Crippen LogP contribution is 2.37. The molecule has 2 rings (SSSR count). The van der Waals surface area contributed by atoms with Gasteiger partial charge in [0, 0.05) is 32.2 Å². The molecule has 0 saturated carbocycles. The maximum absolute atomic E-state index is 5.86. The van der Waals surface area contributed by atoms with Crippen molar-refractivity contribution in [3.63, 3.8) is 0 Å². The van der Waals surface area contributed by atoms with E-state index in [1.165, 1.54) is 0 Å². The van der Waals surface area contributed by atoms with Crippen molar-refractivity contribution in [2.24, 2.45) is 5.41 Å². The first-order valence-corrected chi connectivity index (χ1v) is 7.76. The zero-order chi connectivity index (χ0) is 15.0. The van der Waals surface area contributed by atoms with Crippen LogP contribution in [0.5, 0.6) is 5.75 Å². The van der Waals surface area contributed by atoms with Gasteiger partial charge in [0.2, 0.25) is 0 Å². The number of nitrogens with one attached hydrogen (secondary N) is 1. The minimum absolute atomic E-state index is 0.169. The van der Waals surface area contributed by atoms with Crippen LogP contribution in [0.1, 0.15) is 19.8 Å². The molecular weight excluding hydrogens is 266 g/mol. The van der Waals surface area contributed by atoms with Crippen molar-refractivity contribution in [3.05, 3.63) is 30.3 Å². The van der Waals surface area contributed by atoms with Gasteiger partial charge in [-0.1, -0.05) is 18.2 Å². The maximum Gasteiger partial charge on any atom is 0.119 e. The molecule has 1 aliphatic rings. The standard InChI is InChI=1S/C17H27NO3/c1-15-17(8-11-20-15,14-18-10-13-19-2)9-12-21-16-6-4-3-5-7-16/h3-7,15,18H,8-14H2,1-2H3. The lowest BCUT2D eigenvalue weighted by atomic mass is 9.78. The molecule has 1 aromatic rings. The summed E-state index contributed by atoms with van der Waals surface area (Å²) in [5.41, 5.74) is 0.169. The third-order valence-corrected chi connectivity index (χ3v) is 4.40. The first kappa shape index (κ1) is 16.3. The summed E-state index contributed by atoms with van der Waals surface area (Å²) < 4.78 is 16.7. The summed E-state index contributed by atoms with van der Waals surface area (Å²) in [5.74, 6) is 0.937. The van der Waals surface area contributed by atoms with Gasteiger partial charge in [-0.25, -0.2) is 0 Å². The van der Waals surface area contributed by atoms with E-state index in [0.29, 0.717) is 0 Å². The maximum atomic E-state index is 5.86. The molecule has 2 atom stereocenters. The molecule has 118 valence electrons. The van der Waals surface area contributed by atoms with E-state index in [0.717, 1.165) is 51.5 Å². The number of hydrogen-bond donors (Lipinski definition) is 1. The second-order valence-corrected chi connectivity index (χ2v) is 5.71. The number of para-hydroxylation sites is 1. The molecule has 4 heteroatoms. The van der Waals surface area contributed by atoms with Gasteiger partial charge >= 0.3 is 0 Å². The van der Waals surface area contributed by atoms with Crippen LogP contribution in [-0.2, 0) is 9.47 Å². The average molecular weight is 293 g/mol. The molecule has 1 heterocycles. The fourth-order valence-corrected chi connectivity index (χ4v) is 2.87. The number of methoxy groups -OCH3 is 1. The van der Waals surface area contributed by atoms with E-state index < -0.39 is 0 Å². The van der Waals surface area contributed by atoms with Crippen molar-refractivity contribution in [2.45, 2.75) is 25.9 Å². The molecule has 0 spiro atoms. The first-order chi connectivity index (χ1) is 10.3. The normalized spacial score (nSPS) is 25.1. The Kier molecular flexibility index (Phi) is 6.49. The van der Waals surface area contributed by atoms with Crippen molar-refractivity contribution in [1.29, 1.82) is 0 Å². The minimum atomic E-state index is 0.169. The molecule has 0 aliphatic carbocycles. The van der Waals surface area contributed by atoms with Gasteiger partial charge in [-0.15, -0.1) is 0 Å². The third-order valence-electron chi connectivity index (χ3n) is 4.40. The van der Waals surface area contributed by atoms with Crippen LogP contribution >= 0.6 is 0 Å². The molecule has 0 amide bonds. The van der Waals surface area contributed by atoms with Gasteiger partial charge in [-0.2, -0.15) is 0 Å². The van der Waals surface area contributed by atoms with Crippen LogP contribution in [0.15, 0.2) is 30.3 Å². The van der Waals surface area contributed by atoms with Crippen LogP contribution in [0.25, 0.3) is 0 Å². The zero-order valence-corrected chi connectivity index (χ0v) is 13.1. The monoisotopic (exact) mass is 293 g/mol. The Balaban J connectivity index is 1.82. The van der Waals surface area contributed by atoms with Crippen LogP contribution in [0.3, 0.4) is 0 Å². The molecule has 2 unspecified atom stereocenters. The first-order valence-electron chi connectivity index (χ1n) is 7.76. The fourth-order valence-electron chi connectivity index (χ4n) is 2.87. The second kappa shape index (κ2) is 8.37. The summed E-state index contributed by atoms with van der Waals surface area (Å²) in [6.45, 7) is 6.32. The van der Waals surface area contributed by atoms with E-state index in [4.69, 9.17) is 14.2 Å². The lowest BCUT2D eigenvalue weighted by Crippen LogP contribution is -2.41. The van der Waals surface area contributed by atoms with Crippen molar-refractivity contribution >= 4 is 0 Å². The van der Waals surface area contributed by atoms with E-state index in [9.17, 15) is 0 Å². The number of ether oxygens (including phenoxy) is 3. The van der Waals surface area contributed by atoms with Gasteiger partial charge in [0.1, 0.15) is 5.75 Å². The van der Waals surface area contributed by atoms with Gasteiger partial charge < -0.3 is 19.5 Å². The van der Waals surface area contributed by atoms with E-state index in [1.807, 2.05) is 30.3 Å². The highest BCUT2D eigenvalue weighted by atomic mass is 16.5. The molecule has 1 aromatic carbocycles. The Morgan fingerprint density at radius 3 is 2.76 bits per heavy atom. The molecule has 4 nitrogen and oxygen atoms in total. The van der Waals surface area contributed by atoms with E-state index in [2.05, 4.69) is 12.2 Å². The van der Waals surface area contributed by atoms with Crippen LogP contribution in [0, 0.1) is 5.41 Å². The second-order valence-electron chi connectivity index (χ2n) is 5.71. The quantitative estimate of drug-likeness (QED) is 0.710. The number of rotatable bonds is 9. The van der Waals surface area contributed by atoms with Crippen LogP contribution in [-0.4, -0.2) is 46.1 Å². The molecule has 21 heavy (non-hydrogen) atoms. The minimum Gasteiger partial charge on any atom is -0.494 e. The highest BCUT2D eigenvalue weighted by molar-refractivity contribution is 5.20. The molecular formula is C17H27NO3. The van der Waals surface area contributed by atoms with Gasteiger partial charge in [0.05, 0.1) is 19.3 Å². The van der Waals surface area contributed by atoms with Crippen molar-refractivity contribution in [3.8, 4) is 5.75 Å². The summed E-state index contributed by atoms with van der Waals surface area (Å²) in [6, 6.07) is 9.99. The van der Waals surface area contributed by atoms with Gasteiger partial charge in [0.15, 0.2) is 0 Å². The summed E-state index contributed by atoms with van der Waals surface area (Å²) in [6.07, 6.45) is 2.36. The average Bonchev–Trinajstić information content (AvgIpc) is 2.86. The van der Waals surface area contributed by atoms with Crippen molar-refractivity contribution in [2.75, 3.05) is 40.0 Å². The predicted octanol–water partition coefficient (Wildman–Crippen LogP) is 2.49. The highest BCUT2D eigenvalue weighted by Gasteiger charge is 2.40. The topological polar surface area (TPSA) is 39.7 Å². The molecule has 0 radical (unpaired) electrons. The molecule has 1 fully saturated rings. The molecule has 0 aromatic heterocycles. The van der Waals surface area contributed by atoms with Crippen LogP contribution in [0.2, 0.25) is 0 Å². The molecule has 0 bridgehead atoms. The lowest BCUT2D eigenvalue weighted by molar-refractivity contribution is 0.0495. The molecule has 1 aliphatic heterocycles. The van der Waals surface area contributed by atoms with Gasteiger partial charge in [0.25, 0.3) is 0 Å². The van der Waals surface area contributed by atoms with Crippen LogP contribution in [0.4, 0.5) is 0 Å². The van der Waals surface area contributed by atoms with E-state index in [1.54, 1.807) is 7.11 Å². The predicted molar refractivity (Wildman–Crippen MR) is 83.8 cm³/mol. The Hall–Kier alpha value is -1.10. The summed E-state index contributed by atoms with van der Waals surface area (Å²) in [4.78, 5) is 0. The lowest BCUT2D eigenvalue weighted by Gasteiger charge is -2.32. The smallest absolute Gasteiger partial charge is 0.119 e. The Morgan fingerprint density at radius 1 is 1.29 bits per heavy atom. The molecule has 1 N–H and O–H groups in total. The molecule has 1 saturated heterocycles. The van der Waals surface area contributed by atoms with Gasteiger partial charge in [-0.05, 0) is 31.9 Å². The Morgan fingerprint density at radius 2 is 2.10 bits per heavy atom. The van der Waals surface area contributed by atoms with E-state index >= 15 is 0 Å². The summed E-state index contributed by atoms with van der Waals surface area (Å²) >= 11 is 0. The fraction of sp³-hybridized carbons (Fsp3) is 0.647. The number of hydrogen-bond acceptors (Lipinski definition) is 4. The largest absolute Gasteiger partial charge is 0.494 e. The Bertz CT molecular complexity index is 398. The zero-order valence-electron chi connectivity index (χ0n) is 13.1.